The molecular formula is C15H18N2O2. The number of ether oxygens (including phenoxy) is 1. The molecule has 0 aliphatic heterocycles. The Bertz CT molecular complexity index is 516. The summed E-state index contributed by atoms with van der Waals surface area (Å²) in [5.74, 6) is 0.266. The highest BCUT2D eigenvalue weighted by Crippen LogP contribution is 2.10. The standard InChI is InChI=1S/C15H18N2O2/c1-12(2)8-11-19-15(18)13-4-6-14(7-5-13)17-10-3-9-16-17/h3-7,9-10,12H,8,11H2,1-2H3. The Morgan fingerprint density at radius 1 is 1.32 bits per heavy atom. The summed E-state index contributed by atoms with van der Waals surface area (Å²) in [4.78, 5) is 11.8. The average Bonchev–Trinajstić information content (AvgIpc) is 2.92. The van der Waals surface area contributed by atoms with E-state index in [2.05, 4.69) is 18.9 Å². The number of benzene rings is 1. The first-order valence-corrected chi connectivity index (χ1v) is 6.44. The lowest BCUT2D eigenvalue weighted by Crippen LogP contribution is -2.08. The van der Waals surface area contributed by atoms with Crippen LogP contribution in [0.15, 0.2) is 42.7 Å². The number of esters is 1. The first-order valence-electron chi connectivity index (χ1n) is 6.44. The smallest absolute Gasteiger partial charge is 0.338 e. The maximum atomic E-state index is 11.8. The molecule has 1 aromatic carbocycles. The highest BCUT2D eigenvalue weighted by atomic mass is 16.5. The summed E-state index contributed by atoms with van der Waals surface area (Å²) in [5, 5.41) is 4.13. The molecule has 2 aromatic rings. The third kappa shape index (κ3) is 3.68. The first kappa shape index (κ1) is 13.3. The van der Waals surface area contributed by atoms with E-state index in [-0.39, 0.29) is 5.97 Å². The topological polar surface area (TPSA) is 44.1 Å². The number of hydrogen-bond donors (Lipinski definition) is 0. The van der Waals surface area contributed by atoms with Gasteiger partial charge in [-0.05, 0) is 42.7 Å². The van der Waals surface area contributed by atoms with Gasteiger partial charge in [0.05, 0.1) is 17.9 Å². The van der Waals surface area contributed by atoms with Gasteiger partial charge >= 0.3 is 5.97 Å². The molecule has 100 valence electrons. The molecule has 19 heavy (non-hydrogen) atoms. The lowest BCUT2D eigenvalue weighted by atomic mass is 10.1. The molecule has 0 bridgehead atoms. The van der Waals surface area contributed by atoms with E-state index in [9.17, 15) is 4.79 Å². The van der Waals surface area contributed by atoms with Crippen LogP contribution in [-0.2, 0) is 4.74 Å². The normalized spacial score (nSPS) is 10.7. The molecule has 1 heterocycles. The predicted octanol–water partition coefficient (Wildman–Crippen LogP) is 3.08. The summed E-state index contributed by atoms with van der Waals surface area (Å²) in [6.45, 7) is 4.68. The van der Waals surface area contributed by atoms with Crippen LogP contribution in [0.2, 0.25) is 0 Å². The Labute approximate surface area is 113 Å². The monoisotopic (exact) mass is 258 g/mol. The van der Waals surface area contributed by atoms with Gasteiger partial charge < -0.3 is 4.74 Å². The maximum absolute atomic E-state index is 11.8. The van der Waals surface area contributed by atoms with Crippen LogP contribution in [0.5, 0.6) is 0 Å². The maximum Gasteiger partial charge on any atom is 0.338 e. The summed E-state index contributed by atoms with van der Waals surface area (Å²) in [6.07, 6.45) is 4.46. The first-order chi connectivity index (χ1) is 9.16. The van der Waals surface area contributed by atoms with E-state index >= 15 is 0 Å². The molecular weight excluding hydrogens is 240 g/mol. The van der Waals surface area contributed by atoms with Crippen molar-refractivity contribution in [3.05, 3.63) is 48.3 Å². The zero-order valence-corrected chi connectivity index (χ0v) is 11.2. The summed E-state index contributed by atoms with van der Waals surface area (Å²) >= 11 is 0. The van der Waals surface area contributed by atoms with Crippen molar-refractivity contribution in [2.45, 2.75) is 20.3 Å². The van der Waals surface area contributed by atoms with Crippen molar-refractivity contribution in [1.82, 2.24) is 9.78 Å². The largest absolute Gasteiger partial charge is 0.462 e. The van der Waals surface area contributed by atoms with Crippen LogP contribution >= 0.6 is 0 Å². The van der Waals surface area contributed by atoms with Crippen LogP contribution in [0, 0.1) is 5.92 Å². The van der Waals surface area contributed by atoms with Crippen LogP contribution in [-0.4, -0.2) is 22.4 Å². The number of hydrogen-bond acceptors (Lipinski definition) is 3. The quantitative estimate of drug-likeness (QED) is 0.774. The number of carbonyl (C=O) groups excluding carboxylic acids is 1. The van der Waals surface area contributed by atoms with E-state index in [1.54, 1.807) is 23.0 Å². The van der Waals surface area contributed by atoms with E-state index in [0.29, 0.717) is 18.1 Å². The molecule has 0 saturated carbocycles. The Hall–Kier alpha value is -2.10. The van der Waals surface area contributed by atoms with E-state index < -0.39 is 0 Å². The molecule has 0 aliphatic carbocycles. The molecule has 0 unspecified atom stereocenters. The van der Waals surface area contributed by atoms with Gasteiger partial charge in [0, 0.05) is 12.4 Å². The highest BCUT2D eigenvalue weighted by molar-refractivity contribution is 5.89. The van der Waals surface area contributed by atoms with Crippen LogP contribution in [0.25, 0.3) is 5.69 Å². The minimum Gasteiger partial charge on any atom is -0.462 e. The molecule has 4 nitrogen and oxygen atoms in total. The second kappa shape index (κ2) is 6.18. The molecule has 0 N–H and O–H groups in total. The lowest BCUT2D eigenvalue weighted by Gasteiger charge is -2.07. The van der Waals surface area contributed by atoms with Gasteiger partial charge in [-0.3, -0.25) is 0 Å². The summed E-state index contributed by atoms with van der Waals surface area (Å²) < 4.78 is 6.95. The molecule has 2 rings (SSSR count). The fourth-order valence-corrected chi connectivity index (χ4v) is 1.64. The SMILES string of the molecule is CC(C)CCOC(=O)c1ccc(-n2cccn2)cc1. The Morgan fingerprint density at radius 2 is 2.05 bits per heavy atom. The van der Waals surface area contributed by atoms with Gasteiger partial charge in [0.1, 0.15) is 0 Å². The van der Waals surface area contributed by atoms with Crippen molar-refractivity contribution in [1.29, 1.82) is 0 Å². The van der Waals surface area contributed by atoms with Gasteiger partial charge in [-0.25, -0.2) is 9.48 Å². The van der Waals surface area contributed by atoms with E-state index in [4.69, 9.17) is 4.74 Å². The van der Waals surface area contributed by atoms with Crippen molar-refractivity contribution in [3.8, 4) is 5.69 Å². The fraction of sp³-hybridized carbons (Fsp3) is 0.333. The molecule has 0 atom stereocenters. The Kier molecular flexibility index (Phi) is 4.34. The van der Waals surface area contributed by atoms with Gasteiger partial charge in [-0.15, -0.1) is 0 Å². The zero-order valence-electron chi connectivity index (χ0n) is 11.2. The summed E-state index contributed by atoms with van der Waals surface area (Å²) in [6, 6.07) is 9.08. The molecule has 0 radical (unpaired) electrons. The summed E-state index contributed by atoms with van der Waals surface area (Å²) in [7, 11) is 0. The second-order valence-corrected chi connectivity index (χ2v) is 4.82. The second-order valence-electron chi connectivity index (χ2n) is 4.82. The van der Waals surface area contributed by atoms with Crippen LogP contribution < -0.4 is 0 Å². The molecule has 4 heteroatoms. The van der Waals surface area contributed by atoms with E-state index in [1.807, 2.05) is 24.4 Å². The Balaban J connectivity index is 1.96. The molecule has 0 amide bonds. The van der Waals surface area contributed by atoms with Crippen LogP contribution in [0.4, 0.5) is 0 Å². The number of nitrogens with zero attached hydrogens (tertiary/aromatic N) is 2. The molecule has 0 aliphatic rings. The third-order valence-electron chi connectivity index (χ3n) is 2.80. The van der Waals surface area contributed by atoms with Crippen molar-refractivity contribution < 1.29 is 9.53 Å². The van der Waals surface area contributed by atoms with E-state index in [0.717, 1.165) is 12.1 Å². The zero-order chi connectivity index (χ0) is 13.7. The van der Waals surface area contributed by atoms with Crippen molar-refractivity contribution in [2.24, 2.45) is 5.92 Å². The third-order valence-corrected chi connectivity index (χ3v) is 2.80. The van der Waals surface area contributed by atoms with Gasteiger partial charge in [-0.2, -0.15) is 5.10 Å². The number of aromatic nitrogens is 2. The Morgan fingerprint density at radius 3 is 2.63 bits per heavy atom. The number of carbonyl (C=O) groups is 1. The minimum absolute atomic E-state index is 0.271. The predicted molar refractivity (Wildman–Crippen MR) is 73.3 cm³/mol. The fourth-order valence-electron chi connectivity index (χ4n) is 1.64. The van der Waals surface area contributed by atoms with Gasteiger partial charge in [0.15, 0.2) is 0 Å². The van der Waals surface area contributed by atoms with Crippen LogP contribution in [0.1, 0.15) is 30.6 Å². The average molecular weight is 258 g/mol. The van der Waals surface area contributed by atoms with Gasteiger partial charge in [0.2, 0.25) is 0 Å². The van der Waals surface area contributed by atoms with E-state index in [1.165, 1.54) is 0 Å². The molecule has 0 fully saturated rings. The molecule has 0 saturated heterocycles. The number of rotatable bonds is 5. The minimum atomic E-state index is -0.271. The van der Waals surface area contributed by atoms with Gasteiger partial charge in [-0.1, -0.05) is 13.8 Å². The molecule has 1 aromatic heterocycles. The summed E-state index contributed by atoms with van der Waals surface area (Å²) in [5.41, 5.74) is 1.49. The van der Waals surface area contributed by atoms with Gasteiger partial charge in [0.25, 0.3) is 0 Å². The lowest BCUT2D eigenvalue weighted by molar-refractivity contribution is 0.0488. The van der Waals surface area contributed by atoms with Crippen molar-refractivity contribution in [3.63, 3.8) is 0 Å². The highest BCUT2D eigenvalue weighted by Gasteiger charge is 2.07. The molecule has 0 spiro atoms. The van der Waals surface area contributed by atoms with Crippen molar-refractivity contribution in [2.75, 3.05) is 6.61 Å². The van der Waals surface area contributed by atoms with Crippen molar-refractivity contribution >= 4 is 5.97 Å². The van der Waals surface area contributed by atoms with Crippen LogP contribution in [0.3, 0.4) is 0 Å².